The molecule has 0 spiro atoms. The lowest BCUT2D eigenvalue weighted by Crippen LogP contribution is -2.27. The van der Waals surface area contributed by atoms with Gasteiger partial charge in [0.1, 0.15) is 18.2 Å². The molecule has 4 rings (SSSR count). The van der Waals surface area contributed by atoms with Crippen molar-refractivity contribution in [3.63, 3.8) is 0 Å². The van der Waals surface area contributed by atoms with Gasteiger partial charge in [-0.15, -0.1) is 11.3 Å². The maximum atomic E-state index is 12.9. The first-order chi connectivity index (χ1) is 13.7. The van der Waals surface area contributed by atoms with E-state index in [0.717, 1.165) is 29.7 Å². The Morgan fingerprint density at radius 2 is 1.90 bits per heavy atom. The van der Waals surface area contributed by atoms with Crippen molar-refractivity contribution < 1.29 is 19.1 Å². The number of hydrogen-bond donors (Lipinski definition) is 2. The normalized spacial score (nSPS) is 18.1. The third-order valence-electron chi connectivity index (χ3n) is 5.77. The van der Waals surface area contributed by atoms with Crippen molar-refractivity contribution in [2.75, 3.05) is 18.5 Å². The summed E-state index contributed by atoms with van der Waals surface area (Å²) < 4.78 is 11.1. The van der Waals surface area contributed by atoms with E-state index in [4.69, 9.17) is 15.2 Å². The number of thiophene rings is 1. The van der Waals surface area contributed by atoms with E-state index in [0.29, 0.717) is 46.8 Å². The van der Waals surface area contributed by atoms with Gasteiger partial charge in [0.25, 0.3) is 11.8 Å². The van der Waals surface area contributed by atoms with Crippen LogP contribution in [0.3, 0.4) is 0 Å². The van der Waals surface area contributed by atoms with Crippen molar-refractivity contribution in [1.82, 2.24) is 0 Å². The molecule has 2 aliphatic rings. The van der Waals surface area contributed by atoms with E-state index in [9.17, 15) is 9.59 Å². The van der Waals surface area contributed by atoms with Crippen LogP contribution < -0.4 is 20.5 Å². The molecule has 7 heteroatoms. The average molecular weight is 415 g/mol. The number of carbonyl (C=O) groups is 2. The van der Waals surface area contributed by atoms with Crippen LogP contribution in [0.2, 0.25) is 0 Å². The molecule has 1 aliphatic carbocycles. The number of rotatable bonds is 3. The van der Waals surface area contributed by atoms with Gasteiger partial charge in [0.05, 0.1) is 5.56 Å². The summed E-state index contributed by atoms with van der Waals surface area (Å²) in [5.41, 5.74) is 7.80. The molecule has 2 heterocycles. The lowest BCUT2D eigenvalue weighted by molar-refractivity contribution is 0.1000. The lowest BCUT2D eigenvalue weighted by Gasteiger charge is -2.33. The highest BCUT2D eigenvalue weighted by atomic mass is 32.1. The largest absolute Gasteiger partial charge is 0.486 e. The molecule has 0 saturated heterocycles. The number of hydrogen-bond acceptors (Lipinski definition) is 5. The molecule has 0 fully saturated rings. The van der Waals surface area contributed by atoms with E-state index in [1.807, 2.05) is 0 Å². The number of amides is 2. The number of anilines is 1. The van der Waals surface area contributed by atoms with Crippen LogP contribution in [0, 0.1) is 11.3 Å². The van der Waals surface area contributed by atoms with Gasteiger partial charge >= 0.3 is 0 Å². The van der Waals surface area contributed by atoms with Gasteiger partial charge in [0, 0.05) is 10.4 Å². The molecule has 0 bridgehead atoms. The van der Waals surface area contributed by atoms with Crippen LogP contribution in [0.4, 0.5) is 5.00 Å². The zero-order valence-corrected chi connectivity index (χ0v) is 17.8. The summed E-state index contributed by atoms with van der Waals surface area (Å²) in [5, 5.41) is 3.45. The minimum absolute atomic E-state index is 0.198. The number of primary amides is 1. The monoisotopic (exact) mass is 414 g/mol. The molecule has 0 radical (unpaired) electrons. The third kappa shape index (κ3) is 3.83. The fourth-order valence-electron chi connectivity index (χ4n) is 4.03. The molecule has 3 N–H and O–H groups in total. The van der Waals surface area contributed by atoms with Crippen LogP contribution in [0.5, 0.6) is 11.5 Å². The Labute approximate surface area is 174 Å². The second-order valence-electron chi connectivity index (χ2n) is 8.69. The Bertz CT molecular complexity index is 974. The number of nitrogens with two attached hydrogens (primary N) is 1. The molecular weight excluding hydrogens is 388 g/mol. The van der Waals surface area contributed by atoms with Gasteiger partial charge in [0.15, 0.2) is 11.5 Å². The van der Waals surface area contributed by atoms with Gasteiger partial charge in [-0.2, -0.15) is 0 Å². The Balaban J connectivity index is 1.61. The van der Waals surface area contributed by atoms with Crippen LogP contribution in [0.1, 0.15) is 58.3 Å². The molecule has 1 aliphatic heterocycles. The number of benzene rings is 1. The molecule has 2 amide bonds. The third-order valence-corrected chi connectivity index (χ3v) is 6.94. The standard InChI is InChI=1S/C22H26N2O4S/c1-22(2,3)13-5-6-14-17(11-13)29-21(18(14)19(23)25)24-20(26)12-4-7-15-16(10-12)28-9-8-27-15/h4,7,10,13H,5-6,8-9,11H2,1-3H3,(H2,23,25)(H,24,26)/t13-/m0/s1. The Hall–Kier alpha value is -2.54. The van der Waals surface area contributed by atoms with E-state index in [1.54, 1.807) is 18.2 Å². The first-order valence-electron chi connectivity index (χ1n) is 9.89. The number of carbonyl (C=O) groups excluding carboxylic acids is 2. The highest BCUT2D eigenvalue weighted by molar-refractivity contribution is 7.17. The molecule has 2 aromatic rings. The first-order valence-corrected chi connectivity index (χ1v) is 10.7. The van der Waals surface area contributed by atoms with Gasteiger partial charge in [-0.25, -0.2) is 0 Å². The van der Waals surface area contributed by atoms with Crippen molar-refractivity contribution in [3.8, 4) is 11.5 Å². The SMILES string of the molecule is CC(C)(C)[C@H]1CCc2c(sc(NC(=O)c3ccc4c(c3)OCCO4)c2C(N)=O)C1. The predicted octanol–water partition coefficient (Wildman–Crippen LogP) is 4.02. The highest BCUT2D eigenvalue weighted by Crippen LogP contribution is 2.44. The summed E-state index contributed by atoms with van der Waals surface area (Å²) in [6.07, 6.45) is 2.73. The molecule has 29 heavy (non-hydrogen) atoms. The quantitative estimate of drug-likeness (QED) is 0.794. The Morgan fingerprint density at radius 1 is 1.17 bits per heavy atom. The zero-order valence-electron chi connectivity index (χ0n) is 17.0. The molecule has 0 unspecified atom stereocenters. The average Bonchev–Trinajstić information content (AvgIpc) is 3.04. The molecule has 154 valence electrons. The minimum Gasteiger partial charge on any atom is -0.486 e. The highest BCUT2D eigenvalue weighted by Gasteiger charge is 2.33. The maximum absolute atomic E-state index is 12.9. The van der Waals surface area contributed by atoms with Crippen molar-refractivity contribution >= 4 is 28.2 Å². The number of ether oxygens (including phenoxy) is 2. The summed E-state index contributed by atoms with van der Waals surface area (Å²) >= 11 is 1.47. The number of fused-ring (bicyclic) bond motifs is 2. The lowest BCUT2D eigenvalue weighted by atomic mass is 9.72. The van der Waals surface area contributed by atoms with E-state index in [-0.39, 0.29) is 11.3 Å². The van der Waals surface area contributed by atoms with Crippen molar-refractivity contribution in [1.29, 1.82) is 0 Å². The summed E-state index contributed by atoms with van der Waals surface area (Å²) in [4.78, 5) is 26.2. The van der Waals surface area contributed by atoms with Gasteiger partial charge in [0.2, 0.25) is 0 Å². The van der Waals surface area contributed by atoms with E-state index >= 15 is 0 Å². The Morgan fingerprint density at radius 3 is 2.59 bits per heavy atom. The van der Waals surface area contributed by atoms with Crippen LogP contribution in [0.25, 0.3) is 0 Å². The maximum Gasteiger partial charge on any atom is 0.256 e. The van der Waals surface area contributed by atoms with Crippen LogP contribution >= 0.6 is 11.3 Å². The molecule has 1 aromatic heterocycles. The molecule has 1 atom stereocenters. The van der Waals surface area contributed by atoms with Gasteiger partial charge in [-0.1, -0.05) is 20.8 Å². The van der Waals surface area contributed by atoms with Crippen LogP contribution in [-0.2, 0) is 12.8 Å². The van der Waals surface area contributed by atoms with Gasteiger partial charge in [-0.3, -0.25) is 9.59 Å². The first kappa shape index (κ1) is 19.8. The molecule has 0 saturated carbocycles. The van der Waals surface area contributed by atoms with Crippen molar-refractivity contribution in [2.45, 2.75) is 40.0 Å². The number of nitrogens with one attached hydrogen (secondary N) is 1. The van der Waals surface area contributed by atoms with Gasteiger partial charge < -0.3 is 20.5 Å². The topological polar surface area (TPSA) is 90.7 Å². The second-order valence-corrected chi connectivity index (χ2v) is 9.80. The molecule has 1 aromatic carbocycles. The fraction of sp³-hybridized carbons (Fsp3) is 0.455. The van der Waals surface area contributed by atoms with E-state index < -0.39 is 5.91 Å². The van der Waals surface area contributed by atoms with E-state index in [2.05, 4.69) is 26.1 Å². The Kier molecular flexibility index (Phi) is 5.02. The van der Waals surface area contributed by atoms with Crippen LogP contribution in [0.15, 0.2) is 18.2 Å². The second kappa shape index (κ2) is 7.37. The minimum atomic E-state index is -0.491. The smallest absolute Gasteiger partial charge is 0.256 e. The van der Waals surface area contributed by atoms with Crippen LogP contribution in [-0.4, -0.2) is 25.0 Å². The summed E-state index contributed by atoms with van der Waals surface area (Å²) in [7, 11) is 0. The van der Waals surface area contributed by atoms with E-state index in [1.165, 1.54) is 11.3 Å². The molecular formula is C22H26N2O4S. The summed E-state index contributed by atoms with van der Waals surface area (Å²) in [5.74, 6) is 0.934. The summed E-state index contributed by atoms with van der Waals surface area (Å²) in [6, 6.07) is 5.08. The predicted molar refractivity (Wildman–Crippen MR) is 113 cm³/mol. The van der Waals surface area contributed by atoms with Crippen molar-refractivity contribution in [2.24, 2.45) is 17.1 Å². The fourth-order valence-corrected chi connectivity index (χ4v) is 5.36. The van der Waals surface area contributed by atoms with Crippen molar-refractivity contribution in [3.05, 3.63) is 39.8 Å². The van der Waals surface area contributed by atoms with Gasteiger partial charge in [-0.05, 0) is 54.4 Å². The molecule has 6 nitrogen and oxygen atoms in total. The summed E-state index contributed by atoms with van der Waals surface area (Å²) in [6.45, 7) is 7.69. The zero-order chi connectivity index (χ0) is 20.8.